The van der Waals surface area contributed by atoms with Crippen LogP contribution in [0.2, 0.25) is 0 Å². The summed E-state index contributed by atoms with van der Waals surface area (Å²) in [6.45, 7) is 5.75. The lowest BCUT2D eigenvalue weighted by Crippen LogP contribution is -2.37. The van der Waals surface area contributed by atoms with Crippen LogP contribution in [0, 0.1) is 20.8 Å². The van der Waals surface area contributed by atoms with E-state index in [-0.39, 0.29) is 25.0 Å². The van der Waals surface area contributed by atoms with Gasteiger partial charge in [-0.05, 0) is 50.1 Å². The van der Waals surface area contributed by atoms with Crippen LogP contribution in [-0.2, 0) is 9.59 Å². The molecule has 5 nitrogen and oxygen atoms in total. The molecule has 132 valence electrons. The highest BCUT2D eigenvalue weighted by Crippen LogP contribution is 2.19. The van der Waals surface area contributed by atoms with Crippen LogP contribution < -0.4 is 10.1 Å². The van der Waals surface area contributed by atoms with Gasteiger partial charge in [-0.2, -0.15) is 0 Å². The van der Waals surface area contributed by atoms with Crippen molar-refractivity contribution in [3.05, 3.63) is 59.2 Å². The third-order valence-corrected chi connectivity index (χ3v) is 3.84. The highest BCUT2D eigenvalue weighted by molar-refractivity contribution is 5.94. The molecule has 0 aliphatic heterocycles. The summed E-state index contributed by atoms with van der Waals surface area (Å²) in [4.78, 5) is 25.6. The summed E-state index contributed by atoms with van der Waals surface area (Å²) >= 11 is 0. The number of ether oxygens (including phenoxy) is 1. The summed E-state index contributed by atoms with van der Waals surface area (Å²) < 4.78 is 5.59. The van der Waals surface area contributed by atoms with Crippen LogP contribution in [0.15, 0.2) is 42.5 Å². The van der Waals surface area contributed by atoms with Crippen LogP contribution in [0.25, 0.3) is 0 Å². The molecule has 0 atom stereocenters. The van der Waals surface area contributed by atoms with Gasteiger partial charge in [0.2, 0.25) is 5.91 Å². The first-order valence-electron chi connectivity index (χ1n) is 8.15. The smallest absolute Gasteiger partial charge is 0.260 e. The van der Waals surface area contributed by atoms with Crippen LogP contribution in [0.5, 0.6) is 5.75 Å². The molecule has 5 heteroatoms. The molecule has 2 amide bonds. The average molecular weight is 340 g/mol. The highest BCUT2D eigenvalue weighted by atomic mass is 16.5. The molecule has 0 radical (unpaired) electrons. The zero-order valence-corrected chi connectivity index (χ0v) is 15.1. The predicted molar refractivity (Wildman–Crippen MR) is 98.9 cm³/mol. The number of amides is 2. The Hall–Kier alpha value is -2.82. The molecule has 0 saturated heterocycles. The largest absolute Gasteiger partial charge is 0.483 e. The Morgan fingerprint density at radius 2 is 1.64 bits per heavy atom. The number of hydrogen-bond donors (Lipinski definition) is 1. The maximum absolute atomic E-state index is 12.2. The van der Waals surface area contributed by atoms with E-state index in [9.17, 15) is 9.59 Å². The van der Waals surface area contributed by atoms with Gasteiger partial charge in [0.15, 0.2) is 6.61 Å². The number of hydrogen-bond acceptors (Lipinski definition) is 3. The third-order valence-electron chi connectivity index (χ3n) is 3.84. The van der Waals surface area contributed by atoms with Crippen LogP contribution in [-0.4, -0.2) is 36.9 Å². The number of nitrogens with zero attached hydrogens (tertiary/aromatic N) is 1. The number of rotatable bonds is 6. The second kappa shape index (κ2) is 8.33. The van der Waals surface area contributed by atoms with Crippen molar-refractivity contribution in [2.75, 3.05) is 25.5 Å². The summed E-state index contributed by atoms with van der Waals surface area (Å²) in [6, 6.07) is 13.3. The highest BCUT2D eigenvalue weighted by Gasteiger charge is 2.14. The SMILES string of the molecule is Cc1ccc(NC(=O)CN(C)C(=O)COc2cc(C)ccc2C)cc1. The summed E-state index contributed by atoms with van der Waals surface area (Å²) in [5.74, 6) is 0.192. The molecule has 0 aliphatic rings. The molecule has 0 aliphatic carbocycles. The van der Waals surface area contributed by atoms with Gasteiger partial charge in [0.1, 0.15) is 5.75 Å². The molecular formula is C20H24N2O3. The second-order valence-electron chi connectivity index (χ2n) is 6.22. The van der Waals surface area contributed by atoms with E-state index in [2.05, 4.69) is 5.32 Å². The van der Waals surface area contributed by atoms with Crippen LogP contribution in [0.1, 0.15) is 16.7 Å². The van der Waals surface area contributed by atoms with Crippen LogP contribution in [0.4, 0.5) is 5.69 Å². The Morgan fingerprint density at radius 3 is 2.32 bits per heavy atom. The number of likely N-dealkylation sites (N-methyl/N-ethyl adjacent to an activating group) is 1. The first kappa shape index (κ1) is 18.5. The zero-order valence-electron chi connectivity index (χ0n) is 15.1. The lowest BCUT2D eigenvalue weighted by molar-refractivity contribution is -0.135. The Balaban J connectivity index is 1.84. The molecule has 0 heterocycles. The van der Waals surface area contributed by atoms with E-state index in [1.807, 2.05) is 63.2 Å². The first-order chi connectivity index (χ1) is 11.8. The van der Waals surface area contributed by atoms with E-state index in [0.717, 1.165) is 16.7 Å². The van der Waals surface area contributed by atoms with Crippen molar-refractivity contribution in [3.8, 4) is 5.75 Å². The van der Waals surface area contributed by atoms with Gasteiger partial charge >= 0.3 is 0 Å². The number of carbonyl (C=O) groups excluding carboxylic acids is 2. The van der Waals surface area contributed by atoms with E-state index < -0.39 is 0 Å². The fourth-order valence-corrected chi connectivity index (χ4v) is 2.25. The van der Waals surface area contributed by atoms with E-state index in [1.54, 1.807) is 7.05 Å². The molecule has 0 saturated carbocycles. The number of anilines is 1. The summed E-state index contributed by atoms with van der Waals surface area (Å²) in [5, 5.41) is 2.77. The summed E-state index contributed by atoms with van der Waals surface area (Å²) in [5.41, 5.74) is 3.87. The third kappa shape index (κ3) is 5.64. The minimum Gasteiger partial charge on any atom is -0.483 e. The first-order valence-corrected chi connectivity index (χ1v) is 8.15. The lowest BCUT2D eigenvalue weighted by Gasteiger charge is -2.18. The number of benzene rings is 2. The lowest BCUT2D eigenvalue weighted by atomic mass is 10.1. The number of aryl methyl sites for hydroxylation is 3. The Bertz CT molecular complexity index is 754. The van der Waals surface area contributed by atoms with E-state index in [4.69, 9.17) is 4.74 Å². The molecule has 2 aromatic carbocycles. The predicted octanol–water partition coefficient (Wildman–Crippen LogP) is 3.09. The Labute approximate surface area is 148 Å². The van der Waals surface area contributed by atoms with Gasteiger partial charge in [0.05, 0.1) is 6.54 Å². The van der Waals surface area contributed by atoms with Gasteiger partial charge in [-0.3, -0.25) is 9.59 Å². The molecule has 1 N–H and O–H groups in total. The molecule has 2 aromatic rings. The fraction of sp³-hybridized carbons (Fsp3) is 0.300. The summed E-state index contributed by atoms with van der Waals surface area (Å²) in [6.07, 6.45) is 0. The molecular weight excluding hydrogens is 316 g/mol. The standard InChI is InChI=1S/C20H24N2O3/c1-14-6-9-17(10-7-14)21-19(23)12-22(4)20(24)13-25-18-11-15(2)5-8-16(18)3/h5-11H,12-13H2,1-4H3,(H,21,23). The molecule has 0 bridgehead atoms. The minimum atomic E-state index is -0.250. The van der Waals surface area contributed by atoms with Crippen molar-refractivity contribution in [2.45, 2.75) is 20.8 Å². The van der Waals surface area contributed by atoms with Gasteiger partial charge in [-0.1, -0.05) is 29.8 Å². The van der Waals surface area contributed by atoms with Crippen LogP contribution in [0.3, 0.4) is 0 Å². The summed E-state index contributed by atoms with van der Waals surface area (Å²) in [7, 11) is 1.59. The Kier molecular flexibility index (Phi) is 6.17. The van der Waals surface area contributed by atoms with Crippen molar-refractivity contribution >= 4 is 17.5 Å². The van der Waals surface area contributed by atoms with E-state index >= 15 is 0 Å². The topological polar surface area (TPSA) is 58.6 Å². The van der Waals surface area contributed by atoms with Gasteiger partial charge < -0.3 is 15.0 Å². The van der Waals surface area contributed by atoms with Crippen molar-refractivity contribution in [2.24, 2.45) is 0 Å². The molecule has 0 unspecified atom stereocenters. The molecule has 2 rings (SSSR count). The van der Waals surface area contributed by atoms with E-state index in [0.29, 0.717) is 11.4 Å². The van der Waals surface area contributed by atoms with E-state index in [1.165, 1.54) is 4.90 Å². The normalized spacial score (nSPS) is 10.2. The second-order valence-corrected chi connectivity index (χ2v) is 6.22. The molecule has 0 aromatic heterocycles. The molecule has 25 heavy (non-hydrogen) atoms. The monoisotopic (exact) mass is 340 g/mol. The molecule has 0 spiro atoms. The zero-order chi connectivity index (χ0) is 18.4. The quantitative estimate of drug-likeness (QED) is 0.879. The number of nitrogens with one attached hydrogen (secondary N) is 1. The maximum Gasteiger partial charge on any atom is 0.260 e. The minimum absolute atomic E-state index is 0.0249. The fourth-order valence-electron chi connectivity index (χ4n) is 2.25. The van der Waals surface area contributed by atoms with Gasteiger partial charge in [0.25, 0.3) is 5.91 Å². The van der Waals surface area contributed by atoms with Crippen molar-refractivity contribution in [1.29, 1.82) is 0 Å². The molecule has 0 fully saturated rings. The van der Waals surface area contributed by atoms with Gasteiger partial charge in [-0.15, -0.1) is 0 Å². The van der Waals surface area contributed by atoms with Gasteiger partial charge in [-0.25, -0.2) is 0 Å². The maximum atomic E-state index is 12.2. The number of carbonyl (C=O) groups is 2. The Morgan fingerprint density at radius 1 is 1.00 bits per heavy atom. The van der Waals surface area contributed by atoms with Crippen LogP contribution >= 0.6 is 0 Å². The average Bonchev–Trinajstić information content (AvgIpc) is 2.57. The van der Waals surface area contributed by atoms with Crippen molar-refractivity contribution in [1.82, 2.24) is 4.90 Å². The van der Waals surface area contributed by atoms with Gasteiger partial charge in [0, 0.05) is 12.7 Å². The van der Waals surface area contributed by atoms with Crippen molar-refractivity contribution in [3.63, 3.8) is 0 Å². The van der Waals surface area contributed by atoms with Crippen molar-refractivity contribution < 1.29 is 14.3 Å².